The standard InChI is InChI=1S/C29H30N4O8/c1-2-39-27(36)22-13-15-23(16-14-22)30-25(34)19-41-29(38)33-32-26(35)24(17-20-9-5-3-6-10-20)31-28(37)40-18-21-11-7-4-8-12-21/h3-16,24H,2,17-19H2,1H3,(H,30,34)(H,31,37)(H,32,35)(H,33,38)/t24-/m1/s1. The normalized spacial score (nSPS) is 10.9. The van der Waals surface area contributed by atoms with Crippen LogP contribution >= 0.6 is 0 Å². The summed E-state index contributed by atoms with van der Waals surface area (Å²) in [5, 5.41) is 5.00. The zero-order chi connectivity index (χ0) is 29.5. The molecule has 214 valence electrons. The van der Waals surface area contributed by atoms with E-state index in [1.54, 1.807) is 55.5 Å². The number of anilines is 1. The highest BCUT2D eigenvalue weighted by Gasteiger charge is 2.23. The van der Waals surface area contributed by atoms with Crippen LogP contribution in [0.15, 0.2) is 84.9 Å². The molecule has 3 aromatic rings. The molecule has 0 fully saturated rings. The summed E-state index contributed by atoms with van der Waals surface area (Å²) < 4.78 is 14.9. The number of rotatable bonds is 11. The second kappa shape index (κ2) is 15.9. The molecular formula is C29H30N4O8. The summed E-state index contributed by atoms with van der Waals surface area (Å²) in [5.41, 5.74) is 6.44. The number of hydrogen-bond donors (Lipinski definition) is 4. The third kappa shape index (κ3) is 10.7. The van der Waals surface area contributed by atoms with Crippen LogP contribution < -0.4 is 21.5 Å². The predicted molar refractivity (Wildman–Crippen MR) is 147 cm³/mol. The fraction of sp³-hybridized carbons (Fsp3) is 0.207. The van der Waals surface area contributed by atoms with Gasteiger partial charge in [-0.25, -0.2) is 19.8 Å². The Hall–Kier alpha value is -5.39. The Labute approximate surface area is 236 Å². The van der Waals surface area contributed by atoms with Gasteiger partial charge in [-0.1, -0.05) is 60.7 Å². The maximum atomic E-state index is 12.8. The molecule has 0 bridgehead atoms. The molecular weight excluding hydrogens is 532 g/mol. The highest BCUT2D eigenvalue weighted by Crippen LogP contribution is 2.11. The van der Waals surface area contributed by atoms with E-state index in [1.807, 2.05) is 17.6 Å². The minimum Gasteiger partial charge on any atom is -0.462 e. The quantitative estimate of drug-likeness (QED) is 0.158. The lowest BCUT2D eigenvalue weighted by atomic mass is 10.1. The van der Waals surface area contributed by atoms with Crippen molar-refractivity contribution >= 4 is 35.7 Å². The van der Waals surface area contributed by atoms with Crippen LogP contribution in [0.3, 0.4) is 0 Å². The number of alkyl carbamates (subject to hydrolysis) is 1. The maximum absolute atomic E-state index is 12.8. The smallest absolute Gasteiger partial charge is 0.426 e. The Morgan fingerprint density at radius 2 is 1.34 bits per heavy atom. The first-order chi connectivity index (χ1) is 19.8. The van der Waals surface area contributed by atoms with E-state index in [2.05, 4.69) is 16.1 Å². The van der Waals surface area contributed by atoms with Gasteiger partial charge in [0.1, 0.15) is 12.6 Å². The lowest BCUT2D eigenvalue weighted by Gasteiger charge is -2.18. The Kier molecular flexibility index (Phi) is 11.7. The highest BCUT2D eigenvalue weighted by molar-refractivity contribution is 5.94. The van der Waals surface area contributed by atoms with E-state index in [9.17, 15) is 24.0 Å². The number of amides is 4. The fourth-order valence-electron chi connectivity index (χ4n) is 3.43. The number of esters is 1. The summed E-state index contributed by atoms with van der Waals surface area (Å²) in [6.07, 6.45) is -1.81. The summed E-state index contributed by atoms with van der Waals surface area (Å²) >= 11 is 0. The molecule has 12 nitrogen and oxygen atoms in total. The van der Waals surface area contributed by atoms with E-state index in [-0.39, 0.29) is 19.6 Å². The van der Waals surface area contributed by atoms with Gasteiger partial charge in [0.05, 0.1) is 12.2 Å². The monoisotopic (exact) mass is 562 g/mol. The van der Waals surface area contributed by atoms with Gasteiger partial charge in [-0.3, -0.25) is 15.0 Å². The van der Waals surface area contributed by atoms with Crippen molar-refractivity contribution in [2.45, 2.75) is 26.0 Å². The Morgan fingerprint density at radius 3 is 1.98 bits per heavy atom. The number of carbonyl (C=O) groups excluding carboxylic acids is 5. The maximum Gasteiger partial charge on any atom is 0.426 e. The summed E-state index contributed by atoms with van der Waals surface area (Å²) in [6.45, 7) is 1.29. The number of hydrogen-bond acceptors (Lipinski definition) is 8. The van der Waals surface area contributed by atoms with Gasteiger partial charge in [0.25, 0.3) is 11.8 Å². The van der Waals surface area contributed by atoms with Gasteiger partial charge < -0.3 is 24.8 Å². The first-order valence-electron chi connectivity index (χ1n) is 12.6. The molecule has 0 radical (unpaired) electrons. The third-order valence-electron chi connectivity index (χ3n) is 5.41. The number of benzene rings is 3. The van der Waals surface area contributed by atoms with Gasteiger partial charge in [-0.2, -0.15) is 0 Å². The largest absolute Gasteiger partial charge is 0.462 e. The first-order valence-corrected chi connectivity index (χ1v) is 12.6. The van der Waals surface area contributed by atoms with Gasteiger partial charge in [0.15, 0.2) is 6.61 Å². The molecule has 0 spiro atoms. The van der Waals surface area contributed by atoms with Crippen LogP contribution in [-0.4, -0.2) is 49.2 Å². The van der Waals surface area contributed by atoms with E-state index < -0.39 is 42.6 Å². The molecule has 0 saturated heterocycles. The van der Waals surface area contributed by atoms with Crippen molar-refractivity contribution in [2.24, 2.45) is 0 Å². The van der Waals surface area contributed by atoms with Crippen molar-refractivity contribution in [3.05, 3.63) is 102 Å². The topological polar surface area (TPSA) is 161 Å². The van der Waals surface area contributed by atoms with Crippen LogP contribution in [-0.2, 0) is 36.8 Å². The van der Waals surface area contributed by atoms with Crippen LogP contribution in [0, 0.1) is 0 Å². The third-order valence-corrected chi connectivity index (χ3v) is 5.41. The van der Waals surface area contributed by atoms with Crippen molar-refractivity contribution in [3.8, 4) is 0 Å². The molecule has 12 heteroatoms. The number of carbonyl (C=O) groups is 5. The molecule has 0 aliphatic rings. The molecule has 0 heterocycles. The summed E-state index contributed by atoms with van der Waals surface area (Å²) in [7, 11) is 0. The lowest BCUT2D eigenvalue weighted by molar-refractivity contribution is -0.124. The predicted octanol–water partition coefficient (Wildman–Crippen LogP) is 3.10. The molecule has 41 heavy (non-hydrogen) atoms. The van der Waals surface area contributed by atoms with Gasteiger partial charge in [0, 0.05) is 12.1 Å². The van der Waals surface area contributed by atoms with Gasteiger partial charge in [-0.15, -0.1) is 0 Å². The zero-order valence-electron chi connectivity index (χ0n) is 22.3. The lowest BCUT2D eigenvalue weighted by Crippen LogP contribution is -2.53. The Balaban J connectivity index is 1.46. The van der Waals surface area contributed by atoms with Gasteiger partial charge >= 0.3 is 18.2 Å². The highest BCUT2D eigenvalue weighted by atomic mass is 16.6. The van der Waals surface area contributed by atoms with E-state index in [4.69, 9.17) is 14.2 Å². The van der Waals surface area contributed by atoms with Crippen LogP contribution in [0.2, 0.25) is 0 Å². The molecule has 0 aliphatic heterocycles. The van der Waals surface area contributed by atoms with Crippen LogP contribution in [0.4, 0.5) is 15.3 Å². The van der Waals surface area contributed by atoms with Crippen molar-refractivity contribution in [3.63, 3.8) is 0 Å². The fourth-order valence-corrected chi connectivity index (χ4v) is 3.43. The van der Waals surface area contributed by atoms with Crippen molar-refractivity contribution in [1.82, 2.24) is 16.2 Å². The van der Waals surface area contributed by atoms with Gasteiger partial charge in [0.2, 0.25) is 0 Å². The van der Waals surface area contributed by atoms with E-state index in [0.29, 0.717) is 11.3 Å². The summed E-state index contributed by atoms with van der Waals surface area (Å²) in [6, 6.07) is 22.8. The number of nitrogens with one attached hydrogen (secondary N) is 4. The molecule has 0 aliphatic carbocycles. The van der Waals surface area contributed by atoms with Crippen LogP contribution in [0.5, 0.6) is 0 Å². The molecule has 4 N–H and O–H groups in total. The zero-order valence-corrected chi connectivity index (χ0v) is 22.3. The second-order valence-electron chi connectivity index (χ2n) is 8.48. The minimum absolute atomic E-state index is 0.00846. The Bertz CT molecular complexity index is 1320. The molecule has 3 rings (SSSR count). The van der Waals surface area contributed by atoms with Crippen molar-refractivity contribution in [1.29, 1.82) is 0 Å². The molecule has 0 aromatic heterocycles. The molecule has 4 amide bonds. The Morgan fingerprint density at radius 1 is 0.707 bits per heavy atom. The number of hydrazine groups is 1. The molecule has 1 atom stereocenters. The average Bonchev–Trinajstić information content (AvgIpc) is 2.99. The van der Waals surface area contributed by atoms with E-state index in [0.717, 1.165) is 11.1 Å². The van der Waals surface area contributed by atoms with Crippen LogP contribution in [0.25, 0.3) is 0 Å². The van der Waals surface area contributed by atoms with E-state index >= 15 is 0 Å². The van der Waals surface area contributed by atoms with Gasteiger partial charge in [-0.05, 0) is 42.3 Å². The second-order valence-corrected chi connectivity index (χ2v) is 8.48. The summed E-state index contributed by atoms with van der Waals surface area (Å²) in [4.78, 5) is 61.0. The SMILES string of the molecule is CCOC(=O)c1ccc(NC(=O)COC(=O)NNC(=O)[C@@H](Cc2ccccc2)NC(=O)OCc2ccccc2)cc1. The molecule has 3 aromatic carbocycles. The van der Waals surface area contributed by atoms with Crippen molar-refractivity contribution < 1.29 is 38.2 Å². The minimum atomic E-state index is -1.10. The summed E-state index contributed by atoms with van der Waals surface area (Å²) in [5.74, 6) is -1.88. The average molecular weight is 563 g/mol. The van der Waals surface area contributed by atoms with Crippen molar-refractivity contribution in [2.75, 3.05) is 18.5 Å². The number of ether oxygens (including phenoxy) is 3. The van der Waals surface area contributed by atoms with E-state index in [1.165, 1.54) is 24.3 Å². The first kappa shape index (κ1) is 30.2. The van der Waals surface area contributed by atoms with Crippen LogP contribution in [0.1, 0.15) is 28.4 Å². The molecule has 0 unspecified atom stereocenters. The molecule has 0 saturated carbocycles.